The van der Waals surface area contributed by atoms with Gasteiger partial charge >= 0.3 is 5.97 Å². The van der Waals surface area contributed by atoms with Gasteiger partial charge in [-0.05, 0) is 18.1 Å². The SMILES string of the molecule is CC(C)C(CO)Nc1c(F)cccc1C(=O)O. The van der Waals surface area contributed by atoms with Crippen LogP contribution in [0, 0.1) is 11.7 Å². The molecule has 0 amide bonds. The minimum absolute atomic E-state index is 0.0567. The summed E-state index contributed by atoms with van der Waals surface area (Å²) in [7, 11) is 0. The maximum atomic E-state index is 13.6. The lowest BCUT2D eigenvalue weighted by Crippen LogP contribution is -2.30. The van der Waals surface area contributed by atoms with Gasteiger partial charge in [0, 0.05) is 0 Å². The highest BCUT2D eigenvalue weighted by molar-refractivity contribution is 5.94. The molecule has 0 aromatic heterocycles. The second kappa shape index (κ2) is 5.63. The predicted molar refractivity (Wildman–Crippen MR) is 62.7 cm³/mol. The van der Waals surface area contributed by atoms with Crippen LogP contribution >= 0.6 is 0 Å². The van der Waals surface area contributed by atoms with Crippen molar-refractivity contribution in [3.8, 4) is 0 Å². The van der Waals surface area contributed by atoms with E-state index in [1.807, 2.05) is 13.8 Å². The van der Waals surface area contributed by atoms with E-state index in [0.717, 1.165) is 0 Å². The molecule has 0 spiro atoms. The summed E-state index contributed by atoms with van der Waals surface area (Å²) in [5.41, 5.74) is -0.211. The highest BCUT2D eigenvalue weighted by Gasteiger charge is 2.19. The fourth-order valence-corrected chi connectivity index (χ4v) is 1.46. The lowest BCUT2D eigenvalue weighted by atomic mass is 10.0. The van der Waals surface area contributed by atoms with Gasteiger partial charge in [-0.3, -0.25) is 0 Å². The molecule has 0 aliphatic rings. The Kier molecular flexibility index (Phi) is 4.45. The van der Waals surface area contributed by atoms with Crippen LogP contribution in [-0.4, -0.2) is 28.8 Å². The molecule has 0 bridgehead atoms. The van der Waals surface area contributed by atoms with Crippen molar-refractivity contribution in [1.82, 2.24) is 0 Å². The van der Waals surface area contributed by atoms with Gasteiger partial charge in [0.15, 0.2) is 0 Å². The molecule has 1 aromatic carbocycles. The number of aliphatic hydroxyl groups excluding tert-OH is 1. The monoisotopic (exact) mass is 241 g/mol. The van der Waals surface area contributed by atoms with E-state index in [-0.39, 0.29) is 29.8 Å². The Morgan fingerprint density at radius 3 is 2.59 bits per heavy atom. The third kappa shape index (κ3) is 3.17. The van der Waals surface area contributed by atoms with Crippen molar-refractivity contribution in [3.05, 3.63) is 29.6 Å². The zero-order chi connectivity index (χ0) is 13.0. The Hall–Kier alpha value is -1.62. The number of para-hydroxylation sites is 1. The molecule has 1 unspecified atom stereocenters. The van der Waals surface area contributed by atoms with Crippen LogP contribution in [0.3, 0.4) is 0 Å². The van der Waals surface area contributed by atoms with Gasteiger partial charge in [-0.1, -0.05) is 19.9 Å². The first-order valence-corrected chi connectivity index (χ1v) is 5.36. The van der Waals surface area contributed by atoms with Crippen molar-refractivity contribution < 1.29 is 19.4 Å². The van der Waals surface area contributed by atoms with Gasteiger partial charge < -0.3 is 15.5 Å². The molecular formula is C12H16FNO3. The van der Waals surface area contributed by atoms with Crippen LogP contribution in [0.5, 0.6) is 0 Å². The number of nitrogens with one attached hydrogen (secondary N) is 1. The minimum Gasteiger partial charge on any atom is -0.478 e. The number of anilines is 1. The van der Waals surface area contributed by atoms with Crippen LogP contribution in [0.15, 0.2) is 18.2 Å². The van der Waals surface area contributed by atoms with Crippen LogP contribution in [0.1, 0.15) is 24.2 Å². The Balaban J connectivity index is 3.07. The molecule has 1 rings (SSSR count). The average molecular weight is 241 g/mol. The van der Waals surface area contributed by atoms with Crippen LogP contribution in [0.4, 0.5) is 10.1 Å². The molecule has 17 heavy (non-hydrogen) atoms. The molecule has 0 fully saturated rings. The summed E-state index contributed by atoms with van der Waals surface area (Å²) in [5.74, 6) is -1.78. The molecule has 1 atom stereocenters. The fraction of sp³-hybridized carbons (Fsp3) is 0.417. The summed E-state index contributed by atoms with van der Waals surface area (Å²) < 4.78 is 13.6. The van der Waals surface area contributed by atoms with E-state index in [4.69, 9.17) is 10.2 Å². The number of halogens is 1. The average Bonchev–Trinajstić information content (AvgIpc) is 2.26. The highest BCUT2D eigenvalue weighted by Crippen LogP contribution is 2.22. The summed E-state index contributed by atoms with van der Waals surface area (Å²) in [5, 5.41) is 20.8. The van der Waals surface area contributed by atoms with Crippen LogP contribution in [0.25, 0.3) is 0 Å². The number of benzene rings is 1. The molecule has 1 aromatic rings. The second-order valence-corrected chi connectivity index (χ2v) is 4.14. The molecule has 94 valence electrons. The van der Waals surface area contributed by atoms with Gasteiger partial charge in [-0.25, -0.2) is 9.18 Å². The minimum atomic E-state index is -1.20. The molecule has 0 aliphatic heterocycles. The number of carbonyl (C=O) groups is 1. The van der Waals surface area contributed by atoms with Gasteiger partial charge in [-0.2, -0.15) is 0 Å². The van der Waals surface area contributed by atoms with Gasteiger partial charge in [0.2, 0.25) is 0 Å². The number of rotatable bonds is 5. The summed E-state index contributed by atoms with van der Waals surface area (Å²) in [6.07, 6.45) is 0. The van der Waals surface area contributed by atoms with E-state index in [9.17, 15) is 9.18 Å². The first kappa shape index (κ1) is 13.4. The van der Waals surface area contributed by atoms with Gasteiger partial charge in [0.1, 0.15) is 5.82 Å². The lowest BCUT2D eigenvalue weighted by Gasteiger charge is -2.22. The Bertz CT molecular complexity index is 407. The van der Waals surface area contributed by atoms with Crippen LogP contribution in [-0.2, 0) is 0 Å². The Labute approximate surface area is 99.1 Å². The third-order valence-electron chi connectivity index (χ3n) is 2.58. The molecule has 0 heterocycles. The Morgan fingerprint density at radius 1 is 1.47 bits per heavy atom. The summed E-state index contributed by atoms with van der Waals surface area (Å²) in [4.78, 5) is 10.9. The van der Waals surface area contributed by atoms with Crippen molar-refractivity contribution in [2.24, 2.45) is 5.92 Å². The summed E-state index contributed by atoms with van der Waals surface area (Å²) in [6, 6.07) is 3.46. The van der Waals surface area contributed by atoms with Crippen molar-refractivity contribution in [2.75, 3.05) is 11.9 Å². The zero-order valence-corrected chi connectivity index (χ0v) is 9.77. The third-order valence-corrected chi connectivity index (χ3v) is 2.58. The standard InChI is InChI=1S/C12H16FNO3/c1-7(2)10(6-15)14-11-8(12(16)17)4-3-5-9(11)13/h3-5,7,10,14-15H,6H2,1-2H3,(H,16,17). The molecule has 0 radical (unpaired) electrons. The van der Waals surface area contributed by atoms with Crippen molar-refractivity contribution >= 4 is 11.7 Å². The lowest BCUT2D eigenvalue weighted by molar-refractivity contribution is 0.0697. The maximum Gasteiger partial charge on any atom is 0.337 e. The van der Waals surface area contributed by atoms with Gasteiger partial charge in [-0.15, -0.1) is 0 Å². The maximum absolute atomic E-state index is 13.6. The number of carboxylic acid groups (broad SMARTS) is 1. The molecule has 0 saturated heterocycles. The topological polar surface area (TPSA) is 69.6 Å². The highest BCUT2D eigenvalue weighted by atomic mass is 19.1. The van der Waals surface area contributed by atoms with E-state index in [1.165, 1.54) is 18.2 Å². The predicted octanol–water partition coefficient (Wildman–Crippen LogP) is 1.95. The van der Waals surface area contributed by atoms with E-state index >= 15 is 0 Å². The van der Waals surface area contributed by atoms with E-state index in [1.54, 1.807) is 0 Å². The normalized spacial score (nSPS) is 12.5. The van der Waals surface area contributed by atoms with E-state index in [2.05, 4.69) is 5.32 Å². The first-order chi connectivity index (χ1) is 7.97. The Morgan fingerprint density at radius 2 is 2.12 bits per heavy atom. The number of hydrogen-bond donors (Lipinski definition) is 3. The van der Waals surface area contributed by atoms with Crippen molar-refractivity contribution in [1.29, 1.82) is 0 Å². The largest absolute Gasteiger partial charge is 0.478 e. The molecule has 5 heteroatoms. The molecule has 0 saturated carbocycles. The first-order valence-electron chi connectivity index (χ1n) is 5.36. The smallest absolute Gasteiger partial charge is 0.337 e. The van der Waals surface area contributed by atoms with Gasteiger partial charge in [0.05, 0.1) is 23.9 Å². The summed E-state index contributed by atoms with van der Waals surface area (Å²) >= 11 is 0. The number of aliphatic hydroxyl groups is 1. The number of carboxylic acids is 1. The fourth-order valence-electron chi connectivity index (χ4n) is 1.46. The molecule has 3 N–H and O–H groups in total. The molecule has 4 nitrogen and oxygen atoms in total. The quantitative estimate of drug-likeness (QED) is 0.737. The number of aromatic carboxylic acids is 1. The second-order valence-electron chi connectivity index (χ2n) is 4.14. The zero-order valence-electron chi connectivity index (χ0n) is 9.77. The molecule has 0 aliphatic carbocycles. The van der Waals surface area contributed by atoms with Crippen molar-refractivity contribution in [2.45, 2.75) is 19.9 Å². The molecular weight excluding hydrogens is 225 g/mol. The van der Waals surface area contributed by atoms with Crippen LogP contribution < -0.4 is 5.32 Å². The van der Waals surface area contributed by atoms with Gasteiger partial charge in [0.25, 0.3) is 0 Å². The van der Waals surface area contributed by atoms with Crippen molar-refractivity contribution in [3.63, 3.8) is 0 Å². The number of hydrogen-bond acceptors (Lipinski definition) is 3. The van der Waals surface area contributed by atoms with E-state index < -0.39 is 11.8 Å². The van der Waals surface area contributed by atoms with Crippen LogP contribution in [0.2, 0.25) is 0 Å². The summed E-state index contributed by atoms with van der Waals surface area (Å²) in [6.45, 7) is 3.52. The van der Waals surface area contributed by atoms with E-state index in [0.29, 0.717) is 0 Å².